The van der Waals surface area contributed by atoms with E-state index in [0.29, 0.717) is 11.6 Å². The molecule has 60 valence electrons. The van der Waals surface area contributed by atoms with Crippen LogP contribution in [-0.2, 0) is 0 Å². The molecule has 4 heteroatoms. The lowest BCUT2D eigenvalue weighted by atomic mass is 9.97. The second-order valence-corrected chi connectivity index (χ2v) is 2.90. The first kappa shape index (κ1) is 8.43. The van der Waals surface area contributed by atoms with E-state index in [-0.39, 0.29) is 5.17 Å². The van der Waals surface area contributed by atoms with Crippen molar-refractivity contribution in [2.45, 2.75) is 0 Å². The van der Waals surface area contributed by atoms with Crippen molar-refractivity contribution < 1.29 is 0 Å². The van der Waals surface area contributed by atoms with Crippen LogP contribution in [0.2, 0.25) is 0 Å². The highest BCUT2D eigenvalue weighted by Gasteiger charge is 2.19. The van der Waals surface area contributed by atoms with Crippen LogP contribution in [0.1, 0.15) is 0 Å². The zero-order chi connectivity index (χ0) is 8.27. The summed E-state index contributed by atoms with van der Waals surface area (Å²) >= 11 is 5.27. The van der Waals surface area contributed by atoms with E-state index in [4.69, 9.17) is 22.4 Å². The van der Waals surface area contributed by atoms with Crippen LogP contribution in [0, 0.1) is 16.7 Å². The first-order valence-corrected chi connectivity index (χ1v) is 3.79. The zero-order valence-electron chi connectivity index (χ0n) is 6.02. The molecule has 0 saturated carbocycles. The minimum atomic E-state index is -0.0259. The Kier molecular flexibility index (Phi) is 2.79. The molecule has 11 heavy (non-hydrogen) atoms. The molecule has 0 radical (unpaired) electrons. The molecular formula is C7H10ClN3. The molecule has 0 aromatic rings. The molecule has 0 unspecified atom stereocenters. The van der Waals surface area contributed by atoms with Gasteiger partial charge in [0.2, 0.25) is 0 Å². The number of hydrogen-bond acceptors (Lipinski definition) is 3. The Morgan fingerprint density at radius 2 is 2.00 bits per heavy atom. The number of nitrogens with one attached hydrogen (secondary N) is 3. The van der Waals surface area contributed by atoms with E-state index in [2.05, 4.69) is 5.32 Å². The van der Waals surface area contributed by atoms with Crippen LogP contribution in [0.4, 0.5) is 0 Å². The maximum absolute atomic E-state index is 7.46. The predicted molar refractivity (Wildman–Crippen MR) is 46.8 cm³/mol. The molecule has 0 aromatic carbocycles. The lowest BCUT2D eigenvalue weighted by Crippen LogP contribution is -2.45. The van der Waals surface area contributed by atoms with Crippen molar-refractivity contribution in [2.24, 2.45) is 5.92 Å². The molecule has 1 fully saturated rings. The molecule has 3 nitrogen and oxygen atoms in total. The fraction of sp³-hybridized carbons (Fsp3) is 0.429. The minimum absolute atomic E-state index is 0.0259. The standard InChI is InChI=1S/C7H10ClN3/c8-7(10)2-1-6(9)5-3-11-4-5/h1-2,5,9-11H,3-4H2/b2-1-,9-6?,10-7?. The summed E-state index contributed by atoms with van der Waals surface area (Å²) in [5.41, 5.74) is 0.550. The molecule has 1 saturated heterocycles. The lowest BCUT2D eigenvalue weighted by Gasteiger charge is -2.26. The Morgan fingerprint density at radius 3 is 2.36 bits per heavy atom. The van der Waals surface area contributed by atoms with E-state index in [0.717, 1.165) is 13.1 Å². The van der Waals surface area contributed by atoms with Crippen LogP contribution >= 0.6 is 11.6 Å². The van der Waals surface area contributed by atoms with Crippen molar-refractivity contribution >= 4 is 22.5 Å². The SMILES string of the molecule is N=C(Cl)/C=C\C(=N)C1CNC1. The molecule has 3 N–H and O–H groups in total. The average Bonchev–Trinajstić information content (AvgIpc) is 1.79. The summed E-state index contributed by atoms with van der Waals surface area (Å²) in [5, 5.41) is 17.4. The molecule has 0 spiro atoms. The maximum Gasteiger partial charge on any atom is 0.120 e. The molecule has 1 heterocycles. The smallest absolute Gasteiger partial charge is 0.120 e. The molecule has 1 aliphatic heterocycles. The van der Waals surface area contributed by atoms with Crippen LogP contribution in [0.15, 0.2) is 12.2 Å². The Morgan fingerprint density at radius 1 is 1.36 bits per heavy atom. The van der Waals surface area contributed by atoms with E-state index in [9.17, 15) is 0 Å². The van der Waals surface area contributed by atoms with Gasteiger partial charge in [0.15, 0.2) is 0 Å². The Hall–Kier alpha value is -0.670. The van der Waals surface area contributed by atoms with E-state index in [1.54, 1.807) is 6.08 Å². The van der Waals surface area contributed by atoms with Gasteiger partial charge >= 0.3 is 0 Å². The van der Waals surface area contributed by atoms with Crippen molar-refractivity contribution in [1.29, 1.82) is 10.8 Å². The second kappa shape index (κ2) is 3.64. The Bertz CT molecular complexity index is 206. The van der Waals surface area contributed by atoms with Crippen molar-refractivity contribution in [2.75, 3.05) is 13.1 Å². The average molecular weight is 172 g/mol. The van der Waals surface area contributed by atoms with Gasteiger partial charge in [-0.25, -0.2) is 0 Å². The third kappa shape index (κ3) is 2.44. The number of halogens is 1. The summed E-state index contributed by atoms with van der Waals surface area (Å²) in [6, 6.07) is 0. The fourth-order valence-corrected chi connectivity index (χ4v) is 0.871. The van der Waals surface area contributed by atoms with Crippen LogP contribution in [0.25, 0.3) is 0 Å². The second-order valence-electron chi connectivity index (χ2n) is 2.49. The van der Waals surface area contributed by atoms with Crippen molar-refractivity contribution in [3.8, 4) is 0 Å². The van der Waals surface area contributed by atoms with Gasteiger partial charge in [0, 0.05) is 24.7 Å². The molecule has 1 aliphatic rings. The van der Waals surface area contributed by atoms with E-state index < -0.39 is 0 Å². The predicted octanol–water partition coefficient (Wildman–Crippen LogP) is 0.998. The van der Waals surface area contributed by atoms with Gasteiger partial charge in [0.25, 0.3) is 0 Å². The number of hydrogen-bond donors (Lipinski definition) is 3. The minimum Gasteiger partial charge on any atom is -0.315 e. The summed E-state index contributed by atoms with van der Waals surface area (Å²) in [7, 11) is 0. The summed E-state index contributed by atoms with van der Waals surface area (Å²) in [5.74, 6) is 0.322. The van der Waals surface area contributed by atoms with Crippen LogP contribution in [-0.4, -0.2) is 24.0 Å². The highest BCUT2D eigenvalue weighted by atomic mass is 35.5. The monoisotopic (exact) mass is 171 g/mol. The fourth-order valence-electron chi connectivity index (χ4n) is 0.808. The third-order valence-corrected chi connectivity index (χ3v) is 1.76. The lowest BCUT2D eigenvalue weighted by molar-refractivity contribution is 0.443. The van der Waals surface area contributed by atoms with Gasteiger partial charge in [0.05, 0.1) is 0 Å². The molecule has 0 amide bonds. The van der Waals surface area contributed by atoms with Gasteiger partial charge < -0.3 is 10.7 Å². The van der Waals surface area contributed by atoms with Crippen LogP contribution < -0.4 is 5.32 Å². The normalized spacial score (nSPS) is 18.3. The summed E-state index contributed by atoms with van der Waals surface area (Å²) < 4.78 is 0. The maximum atomic E-state index is 7.46. The number of rotatable bonds is 3. The van der Waals surface area contributed by atoms with Crippen LogP contribution in [0.5, 0.6) is 0 Å². The number of allylic oxidation sites excluding steroid dienone is 2. The molecule has 1 rings (SSSR count). The highest BCUT2D eigenvalue weighted by Crippen LogP contribution is 2.05. The Balaban J connectivity index is 2.36. The topological polar surface area (TPSA) is 59.7 Å². The van der Waals surface area contributed by atoms with E-state index >= 15 is 0 Å². The third-order valence-electron chi connectivity index (χ3n) is 1.63. The van der Waals surface area contributed by atoms with Gasteiger partial charge in [-0.3, -0.25) is 5.41 Å². The van der Waals surface area contributed by atoms with Crippen molar-refractivity contribution in [1.82, 2.24) is 5.32 Å². The van der Waals surface area contributed by atoms with Gasteiger partial charge in [-0.15, -0.1) is 0 Å². The quantitative estimate of drug-likeness (QED) is 0.545. The first-order chi connectivity index (χ1) is 5.20. The van der Waals surface area contributed by atoms with Crippen molar-refractivity contribution in [3.63, 3.8) is 0 Å². The van der Waals surface area contributed by atoms with E-state index in [1.165, 1.54) is 6.08 Å². The Labute approximate surface area is 70.5 Å². The van der Waals surface area contributed by atoms with Gasteiger partial charge in [0.1, 0.15) is 5.17 Å². The largest absolute Gasteiger partial charge is 0.315 e. The van der Waals surface area contributed by atoms with Crippen molar-refractivity contribution in [3.05, 3.63) is 12.2 Å². The van der Waals surface area contributed by atoms with E-state index in [1.807, 2.05) is 0 Å². The highest BCUT2D eigenvalue weighted by molar-refractivity contribution is 6.67. The molecule has 0 aromatic heterocycles. The molecular weight excluding hydrogens is 162 g/mol. The summed E-state index contributed by atoms with van der Waals surface area (Å²) in [4.78, 5) is 0. The zero-order valence-corrected chi connectivity index (χ0v) is 6.78. The molecule has 0 bridgehead atoms. The van der Waals surface area contributed by atoms with Gasteiger partial charge in [-0.05, 0) is 12.2 Å². The summed E-state index contributed by atoms with van der Waals surface area (Å²) in [6.07, 6.45) is 3.02. The summed E-state index contributed by atoms with van der Waals surface area (Å²) in [6.45, 7) is 1.75. The van der Waals surface area contributed by atoms with Gasteiger partial charge in [-0.1, -0.05) is 11.6 Å². The molecule has 0 aliphatic carbocycles. The molecule has 0 atom stereocenters. The first-order valence-electron chi connectivity index (χ1n) is 3.41. The van der Waals surface area contributed by atoms with Gasteiger partial charge in [-0.2, -0.15) is 0 Å². The van der Waals surface area contributed by atoms with Crippen LogP contribution in [0.3, 0.4) is 0 Å².